The maximum absolute atomic E-state index is 10.9. The Morgan fingerprint density at radius 2 is 2.23 bits per heavy atom. The van der Waals surface area contributed by atoms with Crippen molar-refractivity contribution in [2.75, 3.05) is 0 Å². The van der Waals surface area contributed by atoms with Crippen molar-refractivity contribution >= 4 is 28.4 Å². The first-order valence-electron chi connectivity index (χ1n) is 4.06. The van der Waals surface area contributed by atoms with Crippen molar-refractivity contribution in [3.05, 3.63) is 28.0 Å². The third-order valence-corrected chi connectivity index (χ3v) is 2.71. The molecule has 0 aliphatic heterocycles. The first kappa shape index (κ1) is 8.97. The molecular weight excluding hydrogens is 209 g/mol. The van der Waals surface area contributed by atoms with Crippen molar-refractivity contribution in [2.24, 2.45) is 0 Å². The molecule has 68 valence electrons. The molecule has 0 bridgehead atoms. The summed E-state index contributed by atoms with van der Waals surface area (Å²) in [4.78, 5) is 15.0. The molecule has 0 fully saturated rings. The van der Waals surface area contributed by atoms with Crippen LogP contribution in [0.3, 0.4) is 0 Å². The number of fused-ring (bicyclic) bond motifs is 1. The zero-order chi connectivity index (χ0) is 9.42. The molecule has 0 spiro atoms. The predicted octanol–water partition coefficient (Wildman–Crippen LogP) is 2.60. The van der Waals surface area contributed by atoms with Gasteiger partial charge in [-0.05, 0) is 42.5 Å². The van der Waals surface area contributed by atoms with Crippen molar-refractivity contribution in [2.45, 2.75) is 19.3 Å². The number of carbonyl (C=O) groups excluding carboxylic acids is 1. The van der Waals surface area contributed by atoms with Crippen LogP contribution in [-0.2, 0) is 12.8 Å². The highest BCUT2D eigenvalue weighted by Gasteiger charge is 2.17. The third-order valence-electron chi connectivity index (χ3n) is 2.22. The molecule has 1 aliphatic rings. The van der Waals surface area contributed by atoms with Crippen molar-refractivity contribution in [3.63, 3.8) is 0 Å². The van der Waals surface area contributed by atoms with Gasteiger partial charge >= 0.3 is 0 Å². The molecule has 13 heavy (non-hydrogen) atoms. The highest BCUT2D eigenvalue weighted by atomic mass is 35.5. The molecule has 0 saturated carbocycles. The first-order valence-corrected chi connectivity index (χ1v) is 4.82. The van der Waals surface area contributed by atoms with Gasteiger partial charge in [0.15, 0.2) is 0 Å². The van der Waals surface area contributed by atoms with Crippen LogP contribution in [0.4, 0.5) is 0 Å². The molecular formula is C9H7Cl2NO. The summed E-state index contributed by atoms with van der Waals surface area (Å²) in [5.41, 5.74) is 2.43. The summed E-state index contributed by atoms with van der Waals surface area (Å²) in [6.07, 6.45) is 3.00. The van der Waals surface area contributed by atoms with Gasteiger partial charge < -0.3 is 0 Å². The summed E-state index contributed by atoms with van der Waals surface area (Å²) < 4.78 is 0. The van der Waals surface area contributed by atoms with Crippen LogP contribution in [0.25, 0.3) is 0 Å². The van der Waals surface area contributed by atoms with Crippen LogP contribution < -0.4 is 0 Å². The normalized spacial score (nSPS) is 14.3. The van der Waals surface area contributed by atoms with Gasteiger partial charge in [-0.2, -0.15) is 0 Å². The molecule has 0 saturated heterocycles. The Balaban J connectivity index is 2.55. The number of pyridine rings is 1. The molecule has 1 aromatic rings. The predicted molar refractivity (Wildman–Crippen MR) is 51.5 cm³/mol. The fourth-order valence-corrected chi connectivity index (χ4v) is 2.02. The second-order valence-electron chi connectivity index (χ2n) is 3.06. The Hall–Kier alpha value is -0.600. The number of nitrogens with zero attached hydrogens (tertiary/aromatic N) is 1. The van der Waals surface area contributed by atoms with Crippen LogP contribution in [0.2, 0.25) is 5.15 Å². The minimum absolute atomic E-state index is 0.223. The Morgan fingerprint density at radius 3 is 2.92 bits per heavy atom. The Labute approximate surface area is 85.9 Å². The smallest absolute Gasteiger partial charge is 0.255 e. The highest BCUT2D eigenvalue weighted by molar-refractivity contribution is 6.68. The SMILES string of the molecule is O=C(Cl)c1cc2c(nc1Cl)CCC2. The van der Waals surface area contributed by atoms with E-state index in [2.05, 4.69) is 4.98 Å². The first-order chi connectivity index (χ1) is 6.18. The number of halogens is 2. The van der Waals surface area contributed by atoms with Crippen molar-refractivity contribution in [1.82, 2.24) is 4.98 Å². The molecule has 0 N–H and O–H groups in total. The van der Waals surface area contributed by atoms with Crippen LogP contribution in [0.5, 0.6) is 0 Å². The van der Waals surface area contributed by atoms with Crippen LogP contribution >= 0.6 is 23.2 Å². The van der Waals surface area contributed by atoms with E-state index in [0.717, 1.165) is 30.5 Å². The fourth-order valence-electron chi connectivity index (χ4n) is 1.58. The fraction of sp³-hybridized carbons (Fsp3) is 0.333. The summed E-state index contributed by atoms with van der Waals surface area (Å²) >= 11 is 11.1. The van der Waals surface area contributed by atoms with E-state index in [-0.39, 0.29) is 5.15 Å². The molecule has 0 atom stereocenters. The monoisotopic (exact) mass is 215 g/mol. The van der Waals surface area contributed by atoms with Gasteiger partial charge in [-0.1, -0.05) is 11.6 Å². The quantitative estimate of drug-likeness (QED) is 0.533. The van der Waals surface area contributed by atoms with Crippen LogP contribution in [-0.4, -0.2) is 10.2 Å². The van der Waals surface area contributed by atoms with Crippen molar-refractivity contribution in [3.8, 4) is 0 Å². The second kappa shape index (κ2) is 3.28. The minimum atomic E-state index is -0.535. The van der Waals surface area contributed by atoms with Gasteiger partial charge in [0.2, 0.25) is 0 Å². The molecule has 0 aromatic carbocycles. The number of aromatic nitrogens is 1. The average molecular weight is 216 g/mol. The van der Waals surface area contributed by atoms with E-state index in [0.29, 0.717) is 5.56 Å². The van der Waals surface area contributed by atoms with Gasteiger partial charge in [0, 0.05) is 5.69 Å². The third kappa shape index (κ3) is 1.56. The molecule has 0 amide bonds. The zero-order valence-electron chi connectivity index (χ0n) is 6.81. The van der Waals surface area contributed by atoms with Gasteiger partial charge in [-0.15, -0.1) is 0 Å². The summed E-state index contributed by atoms with van der Waals surface area (Å²) in [5.74, 6) is 0. The maximum Gasteiger partial charge on any atom is 0.255 e. The van der Waals surface area contributed by atoms with Gasteiger partial charge in [0.05, 0.1) is 5.56 Å². The molecule has 4 heteroatoms. The summed E-state index contributed by atoms with van der Waals surface area (Å²) in [7, 11) is 0. The number of aryl methyl sites for hydroxylation is 2. The summed E-state index contributed by atoms with van der Waals surface area (Å²) in [6.45, 7) is 0. The van der Waals surface area contributed by atoms with E-state index in [9.17, 15) is 4.79 Å². The molecule has 1 aromatic heterocycles. The molecule has 0 unspecified atom stereocenters. The molecule has 1 heterocycles. The standard InChI is InChI=1S/C9H7Cl2NO/c10-8-6(9(11)13)4-5-2-1-3-7(5)12-8/h4H,1-3H2. The lowest BCUT2D eigenvalue weighted by atomic mass is 10.2. The van der Waals surface area contributed by atoms with E-state index in [1.807, 2.05) is 0 Å². The Morgan fingerprint density at radius 1 is 1.46 bits per heavy atom. The van der Waals surface area contributed by atoms with Crippen LogP contribution in [0.1, 0.15) is 28.0 Å². The summed E-state index contributed by atoms with van der Waals surface area (Å²) in [6, 6.07) is 1.76. The van der Waals surface area contributed by atoms with Crippen LogP contribution in [0, 0.1) is 0 Å². The van der Waals surface area contributed by atoms with E-state index in [1.165, 1.54) is 0 Å². The largest absolute Gasteiger partial charge is 0.275 e. The Kier molecular flexibility index (Phi) is 2.26. The van der Waals surface area contributed by atoms with Gasteiger partial charge in [0.1, 0.15) is 5.15 Å². The van der Waals surface area contributed by atoms with Gasteiger partial charge in [-0.25, -0.2) is 4.98 Å². The van der Waals surface area contributed by atoms with Gasteiger partial charge in [-0.3, -0.25) is 4.79 Å². The topological polar surface area (TPSA) is 30.0 Å². The lowest BCUT2D eigenvalue weighted by Gasteiger charge is -2.02. The highest BCUT2D eigenvalue weighted by Crippen LogP contribution is 2.25. The van der Waals surface area contributed by atoms with E-state index in [4.69, 9.17) is 23.2 Å². The molecule has 2 rings (SSSR count). The average Bonchev–Trinajstić information content (AvgIpc) is 2.48. The molecule has 1 aliphatic carbocycles. The Bertz CT molecular complexity index is 376. The minimum Gasteiger partial charge on any atom is -0.275 e. The van der Waals surface area contributed by atoms with E-state index in [1.54, 1.807) is 6.07 Å². The van der Waals surface area contributed by atoms with Gasteiger partial charge in [0.25, 0.3) is 5.24 Å². The van der Waals surface area contributed by atoms with E-state index >= 15 is 0 Å². The zero-order valence-corrected chi connectivity index (χ0v) is 8.32. The lowest BCUT2D eigenvalue weighted by Crippen LogP contribution is -1.97. The number of rotatable bonds is 1. The van der Waals surface area contributed by atoms with Crippen molar-refractivity contribution < 1.29 is 4.79 Å². The summed E-state index contributed by atoms with van der Waals surface area (Å²) in [5, 5.41) is -0.312. The second-order valence-corrected chi connectivity index (χ2v) is 3.76. The van der Waals surface area contributed by atoms with E-state index < -0.39 is 5.24 Å². The van der Waals surface area contributed by atoms with Crippen LogP contribution in [0.15, 0.2) is 6.07 Å². The van der Waals surface area contributed by atoms with Crippen molar-refractivity contribution in [1.29, 1.82) is 0 Å². The number of hydrogen-bond donors (Lipinski definition) is 0. The number of hydrogen-bond acceptors (Lipinski definition) is 2. The molecule has 0 radical (unpaired) electrons. The number of carbonyl (C=O) groups is 1. The maximum atomic E-state index is 10.9. The lowest BCUT2D eigenvalue weighted by molar-refractivity contribution is 0.108. The molecule has 2 nitrogen and oxygen atoms in total.